The van der Waals surface area contributed by atoms with Crippen molar-refractivity contribution in [3.63, 3.8) is 0 Å². The Morgan fingerprint density at radius 3 is 2.37 bits per heavy atom. The molecule has 2 rings (SSSR count). The van der Waals surface area contributed by atoms with Crippen LogP contribution in [0.1, 0.15) is 65.9 Å². The van der Waals surface area contributed by atoms with Crippen LogP contribution in [0.3, 0.4) is 0 Å². The minimum atomic E-state index is -0.674. The number of allylic oxidation sites excluding steroid dienone is 1. The molecule has 30 heavy (non-hydrogen) atoms. The van der Waals surface area contributed by atoms with Crippen LogP contribution in [0.2, 0.25) is 5.02 Å². The van der Waals surface area contributed by atoms with E-state index in [-0.39, 0.29) is 0 Å². The summed E-state index contributed by atoms with van der Waals surface area (Å²) in [6.45, 7) is 19.2. The van der Waals surface area contributed by atoms with Gasteiger partial charge in [-0.25, -0.2) is 0 Å². The Labute approximate surface area is 187 Å². The number of hydrogen-bond acceptors (Lipinski definition) is 4. The Morgan fingerprint density at radius 1 is 1.23 bits per heavy atom. The van der Waals surface area contributed by atoms with Gasteiger partial charge in [-0.15, -0.1) is 0 Å². The average molecular weight is 430 g/mol. The number of rotatable bonds is 8. The molecule has 1 aliphatic carbocycles. The average Bonchev–Trinajstić information content (AvgIpc) is 2.67. The molecule has 1 N–H and O–H groups in total. The summed E-state index contributed by atoms with van der Waals surface area (Å²) >= 11 is 6.24. The minimum Gasteiger partial charge on any atom is -0.387 e. The molecule has 0 amide bonds. The molecule has 1 heterocycles. The minimum absolute atomic E-state index is 0.538. The third-order valence-electron chi connectivity index (χ3n) is 5.62. The lowest BCUT2D eigenvalue weighted by Crippen LogP contribution is -2.34. The van der Waals surface area contributed by atoms with Crippen LogP contribution in [0.4, 0.5) is 0 Å². The molecule has 1 aromatic heterocycles. The zero-order valence-corrected chi connectivity index (χ0v) is 19.8. The summed E-state index contributed by atoms with van der Waals surface area (Å²) in [4.78, 5) is 11.2. The van der Waals surface area contributed by atoms with Gasteiger partial charge in [0, 0.05) is 35.9 Å². The van der Waals surface area contributed by atoms with E-state index in [0.717, 1.165) is 40.7 Å². The van der Waals surface area contributed by atoms with Crippen molar-refractivity contribution in [3.8, 4) is 0 Å². The Hall–Kier alpha value is -1.91. The number of aliphatic imine (C=N–C) groups is 1. The molecule has 5 heteroatoms. The number of aromatic nitrogens is 1. The molecule has 164 valence electrons. The zero-order valence-electron chi connectivity index (χ0n) is 19.1. The Bertz CT molecular complexity index is 829. The predicted molar refractivity (Wildman–Crippen MR) is 128 cm³/mol. The highest BCUT2D eigenvalue weighted by Gasteiger charge is 2.27. The van der Waals surface area contributed by atoms with Crippen molar-refractivity contribution in [1.82, 2.24) is 9.88 Å². The molecular weight excluding hydrogens is 394 g/mol. The standard InChI is InChI=1S/C25H36ClN3O/c1-16(2)25(24(28-17(3)4)22-12-23(26)14-27-13-22)29(19(6)20(7)30)15-21-10-8-18(5)9-11-21/h12-14,18,20-21,30H,1,6,8-11,15H2,2-5,7H3. The number of aliphatic hydroxyl groups is 1. The van der Waals surface area contributed by atoms with Crippen molar-refractivity contribution in [3.05, 3.63) is 59.2 Å². The van der Waals surface area contributed by atoms with Crippen LogP contribution in [0.15, 0.2) is 53.6 Å². The number of pyridine rings is 1. The van der Waals surface area contributed by atoms with E-state index >= 15 is 0 Å². The predicted octanol–water partition coefficient (Wildman–Crippen LogP) is 6.48. The fraction of sp³-hybridized carbons (Fsp3) is 0.520. The molecule has 0 aliphatic heterocycles. The maximum absolute atomic E-state index is 10.4. The molecule has 1 aromatic rings. The van der Waals surface area contributed by atoms with E-state index in [1.807, 2.05) is 26.8 Å². The van der Waals surface area contributed by atoms with E-state index in [1.165, 1.54) is 25.7 Å². The molecule has 1 unspecified atom stereocenters. The smallest absolute Gasteiger partial charge is 0.0956 e. The molecule has 0 saturated heterocycles. The van der Waals surface area contributed by atoms with Crippen LogP contribution >= 0.6 is 11.6 Å². The van der Waals surface area contributed by atoms with Gasteiger partial charge < -0.3 is 10.0 Å². The maximum Gasteiger partial charge on any atom is 0.0956 e. The van der Waals surface area contributed by atoms with Crippen LogP contribution < -0.4 is 0 Å². The second kappa shape index (κ2) is 10.9. The topological polar surface area (TPSA) is 48.7 Å². The van der Waals surface area contributed by atoms with Gasteiger partial charge in [0.2, 0.25) is 0 Å². The fourth-order valence-corrected chi connectivity index (χ4v) is 4.10. The molecule has 1 aliphatic rings. The second-order valence-electron chi connectivity index (χ2n) is 8.83. The summed E-state index contributed by atoms with van der Waals surface area (Å²) in [5.41, 5.74) is 4.87. The highest BCUT2D eigenvalue weighted by molar-refractivity contribution is 6.30. The van der Waals surface area contributed by atoms with Crippen LogP contribution in [-0.2, 0) is 0 Å². The normalized spacial score (nSPS) is 20.8. The number of hydrogen-bond donors (Lipinski definition) is 1. The molecule has 0 spiro atoms. The van der Waals surface area contributed by atoms with E-state index in [1.54, 1.807) is 19.3 Å². The molecule has 1 fully saturated rings. The monoisotopic (exact) mass is 429 g/mol. The lowest BCUT2D eigenvalue weighted by molar-refractivity contribution is 0.173. The van der Waals surface area contributed by atoms with Crippen molar-refractivity contribution in [2.75, 3.05) is 6.54 Å². The van der Waals surface area contributed by atoms with Gasteiger partial charge in [0.1, 0.15) is 0 Å². The summed E-state index contributed by atoms with van der Waals surface area (Å²) < 4.78 is 0. The van der Waals surface area contributed by atoms with Crippen molar-refractivity contribution in [2.24, 2.45) is 16.8 Å². The van der Waals surface area contributed by atoms with E-state index in [0.29, 0.717) is 16.6 Å². The van der Waals surface area contributed by atoms with E-state index < -0.39 is 6.10 Å². The Morgan fingerprint density at radius 2 is 1.87 bits per heavy atom. The Kier molecular flexibility index (Phi) is 8.87. The fourth-order valence-electron chi connectivity index (χ4n) is 3.93. The molecule has 1 saturated carbocycles. The van der Waals surface area contributed by atoms with Gasteiger partial charge in [-0.3, -0.25) is 9.98 Å². The summed E-state index contributed by atoms with van der Waals surface area (Å²) in [7, 11) is 0. The van der Waals surface area contributed by atoms with Crippen LogP contribution in [0.5, 0.6) is 0 Å². The number of aliphatic hydroxyl groups excluding tert-OH is 1. The van der Waals surface area contributed by atoms with Crippen molar-refractivity contribution in [2.45, 2.75) is 66.4 Å². The molecule has 0 aromatic carbocycles. The van der Waals surface area contributed by atoms with Crippen molar-refractivity contribution >= 4 is 23.0 Å². The molecule has 0 bridgehead atoms. The highest BCUT2D eigenvalue weighted by Crippen LogP contribution is 2.35. The second-order valence-corrected chi connectivity index (χ2v) is 9.27. The van der Waals surface area contributed by atoms with Gasteiger partial charge >= 0.3 is 0 Å². The first-order valence-corrected chi connectivity index (χ1v) is 11.1. The van der Waals surface area contributed by atoms with Crippen molar-refractivity contribution in [1.29, 1.82) is 0 Å². The van der Waals surface area contributed by atoms with Gasteiger partial charge in [0.15, 0.2) is 0 Å². The van der Waals surface area contributed by atoms with E-state index in [9.17, 15) is 5.11 Å². The summed E-state index contributed by atoms with van der Waals surface area (Å²) in [6, 6.07) is 1.87. The van der Waals surface area contributed by atoms with Crippen LogP contribution in [0, 0.1) is 11.8 Å². The van der Waals surface area contributed by atoms with Crippen LogP contribution in [-0.4, -0.2) is 33.4 Å². The summed E-state index contributed by atoms with van der Waals surface area (Å²) in [5, 5.41) is 11.0. The van der Waals surface area contributed by atoms with Crippen LogP contribution in [0.25, 0.3) is 5.70 Å². The third-order valence-corrected chi connectivity index (χ3v) is 5.82. The molecule has 4 nitrogen and oxygen atoms in total. The van der Waals surface area contributed by atoms with E-state index in [2.05, 4.69) is 30.0 Å². The first kappa shape index (κ1) is 24.4. The number of nitrogens with zero attached hydrogens (tertiary/aromatic N) is 3. The first-order valence-electron chi connectivity index (χ1n) is 10.8. The molecule has 0 radical (unpaired) electrons. The zero-order chi connectivity index (χ0) is 22.4. The summed E-state index contributed by atoms with van der Waals surface area (Å²) in [5.74, 6) is 1.32. The van der Waals surface area contributed by atoms with Gasteiger partial charge in [-0.05, 0) is 64.0 Å². The van der Waals surface area contributed by atoms with E-state index in [4.69, 9.17) is 16.6 Å². The van der Waals surface area contributed by atoms with Crippen molar-refractivity contribution < 1.29 is 5.11 Å². The largest absolute Gasteiger partial charge is 0.387 e. The van der Waals surface area contributed by atoms with Gasteiger partial charge in [0.25, 0.3) is 0 Å². The lowest BCUT2D eigenvalue weighted by atomic mass is 9.82. The summed E-state index contributed by atoms with van der Waals surface area (Å²) in [6.07, 6.45) is 7.54. The van der Waals surface area contributed by atoms with Gasteiger partial charge in [-0.2, -0.15) is 0 Å². The first-order chi connectivity index (χ1) is 14.1. The maximum atomic E-state index is 10.4. The number of halogens is 1. The molecular formula is C25H36ClN3O. The SMILES string of the molecule is C=C(C)C(=C(N=C(C)C)c1cncc(Cl)c1)N(CC1CCC(C)CC1)C(=C)C(C)O. The van der Waals surface area contributed by atoms with Gasteiger partial charge in [-0.1, -0.05) is 44.5 Å². The highest BCUT2D eigenvalue weighted by atomic mass is 35.5. The quantitative estimate of drug-likeness (QED) is 0.379. The lowest BCUT2D eigenvalue weighted by Gasteiger charge is -2.37. The van der Waals surface area contributed by atoms with Gasteiger partial charge in [0.05, 0.1) is 22.5 Å². The Balaban J connectivity index is 2.63. The third kappa shape index (κ3) is 6.55. The molecule has 1 atom stereocenters.